The van der Waals surface area contributed by atoms with Gasteiger partial charge in [0.1, 0.15) is 11.8 Å². The largest absolute Gasteiger partial charge is 0.468 e. The molecule has 2 atom stereocenters. The van der Waals surface area contributed by atoms with Crippen LogP contribution in [0.1, 0.15) is 18.9 Å². The van der Waals surface area contributed by atoms with E-state index in [2.05, 4.69) is 0 Å². The average Bonchev–Trinajstić information content (AvgIpc) is 2.83. The molecule has 2 unspecified atom stereocenters. The number of likely N-dealkylation sites (tertiary alicyclic amines) is 1. The molecule has 0 aromatic heterocycles. The zero-order chi connectivity index (χ0) is 13.8. The van der Waals surface area contributed by atoms with E-state index in [1.807, 2.05) is 35.2 Å². The Morgan fingerprint density at radius 2 is 2.00 bits per heavy atom. The number of esters is 1. The SMILES string of the molecule is COC(=O)C1CC(C(C)=O)CN1Cc1ccccc1. The third-order valence-electron chi connectivity index (χ3n) is 3.68. The molecule has 0 N–H and O–H groups in total. The number of carbonyl (C=O) groups is 2. The van der Waals surface area contributed by atoms with Crippen molar-refractivity contribution in [1.29, 1.82) is 0 Å². The van der Waals surface area contributed by atoms with Crippen LogP contribution in [0.4, 0.5) is 0 Å². The molecule has 1 aromatic rings. The predicted octanol–water partition coefficient (Wildman–Crippen LogP) is 1.64. The number of hydrogen-bond acceptors (Lipinski definition) is 4. The van der Waals surface area contributed by atoms with E-state index in [9.17, 15) is 9.59 Å². The van der Waals surface area contributed by atoms with Gasteiger partial charge in [-0.3, -0.25) is 14.5 Å². The number of methoxy groups -OCH3 is 1. The fourth-order valence-corrected chi connectivity index (χ4v) is 2.57. The third-order valence-corrected chi connectivity index (χ3v) is 3.68. The lowest BCUT2D eigenvalue weighted by Gasteiger charge is -2.22. The Morgan fingerprint density at radius 3 is 2.58 bits per heavy atom. The van der Waals surface area contributed by atoms with Crippen LogP contribution in [-0.4, -0.2) is 36.3 Å². The molecule has 1 saturated heterocycles. The van der Waals surface area contributed by atoms with E-state index in [0.717, 1.165) is 5.56 Å². The molecule has 0 spiro atoms. The van der Waals surface area contributed by atoms with Gasteiger partial charge in [0, 0.05) is 19.0 Å². The first kappa shape index (κ1) is 13.7. The first-order chi connectivity index (χ1) is 9.11. The second-order valence-corrected chi connectivity index (χ2v) is 5.00. The fourth-order valence-electron chi connectivity index (χ4n) is 2.57. The molecule has 19 heavy (non-hydrogen) atoms. The number of rotatable bonds is 4. The molecule has 0 amide bonds. The van der Waals surface area contributed by atoms with Gasteiger partial charge in [-0.25, -0.2) is 0 Å². The minimum Gasteiger partial charge on any atom is -0.468 e. The van der Waals surface area contributed by atoms with E-state index in [1.165, 1.54) is 7.11 Å². The first-order valence-electron chi connectivity index (χ1n) is 6.48. The van der Waals surface area contributed by atoms with Crippen LogP contribution >= 0.6 is 0 Å². The van der Waals surface area contributed by atoms with E-state index in [1.54, 1.807) is 6.92 Å². The van der Waals surface area contributed by atoms with Crippen molar-refractivity contribution >= 4 is 11.8 Å². The van der Waals surface area contributed by atoms with Crippen LogP contribution in [0.3, 0.4) is 0 Å². The third kappa shape index (κ3) is 3.20. The molecular formula is C15H19NO3. The molecule has 0 aliphatic carbocycles. The van der Waals surface area contributed by atoms with E-state index < -0.39 is 0 Å². The van der Waals surface area contributed by atoms with Crippen molar-refractivity contribution in [2.24, 2.45) is 5.92 Å². The maximum atomic E-state index is 11.8. The second kappa shape index (κ2) is 5.97. The summed E-state index contributed by atoms with van der Waals surface area (Å²) in [4.78, 5) is 25.4. The van der Waals surface area contributed by atoms with Gasteiger partial charge >= 0.3 is 5.97 Å². The second-order valence-electron chi connectivity index (χ2n) is 5.00. The van der Waals surface area contributed by atoms with Gasteiger partial charge in [0.25, 0.3) is 0 Å². The number of hydrogen-bond donors (Lipinski definition) is 0. The van der Waals surface area contributed by atoms with Crippen molar-refractivity contribution in [2.75, 3.05) is 13.7 Å². The Bertz CT molecular complexity index is 458. The molecule has 1 aliphatic heterocycles. The van der Waals surface area contributed by atoms with Gasteiger partial charge in [0.15, 0.2) is 0 Å². The summed E-state index contributed by atoms with van der Waals surface area (Å²) in [5.74, 6) is -0.169. The highest BCUT2D eigenvalue weighted by molar-refractivity contribution is 5.82. The average molecular weight is 261 g/mol. The molecule has 4 nitrogen and oxygen atoms in total. The van der Waals surface area contributed by atoms with Gasteiger partial charge in [0.05, 0.1) is 7.11 Å². The summed E-state index contributed by atoms with van der Waals surface area (Å²) >= 11 is 0. The quantitative estimate of drug-likeness (QED) is 0.773. The summed E-state index contributed by atoms with van der Waals surface area (Å²) in [6, 6.07) is 9.65. The molecule has 1 aromatic carbocycles. The van der Waals surface area contributed by atoms with Gasteiger partial charge < -0.3 is 4.74 Å². The molecule has 1 fully saturated rings. The molecule has 1 heterocycles. The molecule has 1 aliphatic rings. The van der Waals surface area contributed by atoms with Crippen molar-refractivity contribution in [1.82, 2.24) is 4.90 Å². The number of ketones is 1. The number of Topliss-reactive ketones (excluding diaryl/α,β-unsaturated/α-hetero) is 1. The topological polar surface area (TPSA) is 46.6 Å². The maximum Gasteiger partial charge on any atom is 0.323 e. The van der Waals surface area contributed by atoms with Crippen molar-refractivity contribution in [3.8, 4) is 0 Å². The predicted molar refractivity (Wildman–Crippen MR) is 71.4 cm³/mol. The zero-order valence-corrected chi connectivity index (χ0v) is 11.3. The number of nitrogens with zero attached hydrogens (tertiary/aromatic N) is 1. The Kier molecular flexibility index (Phi) is 4.32. The standard InChI is InChI=1S/C15H19NO3/c1-11(17)13-8-14(15(18)19-2)16(10-13)9-12-6-4-3-5-7-12/h3-7,13-14H,8-10H2,1-2H3. The van der Waals surface area contributed by atoms with Gasteiger partial charge in [-0.15, -0.1) is 0 Å². The van der Waals surface area contributed by atoms with Crippen molar-refractivity contribution in [2.45, 2.75) is 25.9 Å². The van der Waals surface area contributed by atoms with Crippen LogP contribution in [-0.2, 0) is 20.9 Å². The number of ether oxygens (including phenoxy) is 1. The highest BCUT2D eigenvalue weighted by atomic mass is 16.5. The molecule has 0 radical (unpaired) electrons. The van der Waals surface area contributed by atoms with E-state index in [4.69, 9.17) is 4.74 Å². The minimum absolute atomic E-state index is 0.0622. The molecule has 102 valence electrons. The Morgan fingerprint density at radius 1 is 1.32 bits per heavy atom. The summed E-state index contributed by atoms with van der Waals surface area (Å²) < 4.78 is 4.84. The van der Waals surface area contributed by atoms with Gasteiger partial charge in [-0.2, -0.15) is 0 Å². The van der Waals surface area contributed by atoms with Gasteiger partial charge in [-0.05, 0) is 18.9 Å². The lowest BCUT2D eigenvalue weighted by atomic mass is 10.0. The number of carbonyl (C=O) groups excluding carboxylic acids is 2. The van der Waals surface area contributed by atoms with Crippen LogP contribution in [0.2, 0.25) is 0 Å². The van der Waals surface area contributed by atoms with Crippen molar-refractivity contribution in [3.05, 3.63) is 35.9 Å². The Labute approximate surface area is 113 Å². The monoisotopic (exact) mass is 261 g/mol. The molecule has 4 heteroatoms. The highest BCUT2D eigenvalue weighted by Gasteiger charge is 2.39. The van der Waals surface area contributed by atoms with Crippen molar-refractivity contribution in [3.63, 3.8) is 0 Å². The highest BCUT2D eigenvalue weighted by Crippen LogP contribution is 2.26. The molecule has 2 rings (SSSR count). The van der Waals surface area contributed by atoms with E-state index >= 15 is 0 Å². The van der Waals surface area contributed by atoms with Crippen LogP contribution in [0.25, 0.3) is 0 Å². The summed E-state index contributed by atoms with van der Waals surface area (Å²) in [6.07, 6.45) is 0.564. The maximum absolute atomic E-state index is 11.8. The summed E-state index contributed by atoms with van der Waals surface area (Å²) in [5.41, 5.74) is 1.14. The van der Waals surface area contributed by atoms with Crippen LogP contribution < -0.4 is 0 Å². The summed E-state index contributed by atoms with van der Waals surface area (Å²) in [7, 11) is 1.39. The molecule has 0 bridgehead atoms. The van der Waals surface area contributed by atoms with Gasteiger partial charge in [0.2, 0.25) is 0 Å². The summed E-state index contributed by atoms with van der Waals surface area (Å²) in [6.45, 7) is 2.89. The fraction of sp³-hybridized carbons (Fsp3) is 0.467. The van der Waals surface area contributed by atoms with Crippen LogP contribution in [0.5, 0.6) is 0 Å². The Balaban J connectivity index is 2.11. The molecular weight excluding hydrogens is 242 g/mol. The Hall–Kier alpha value is -1.68. The lowest BCUT2D eigenvalue weighted by Crippen LogP contribution is -2.36. The smallest absolute Gasteiger partial charge is 0.323 e. The van der Waals surface area contributed by atoms with Crippen LogP contribution in [0, 0.1) is 5.92 Å². The first-order valence-corrected chi connectivity index (χ1v) is 6.48. The normalized spacial score (nSPS) is 23.3. The zero-order valence-electron chi connectivity index (χ0n) is 11.3. The lowest BCUT2D eigenvalue weighted by molar-refractivity contribution is -0.146. The molecule has 0 saturated carbocycles. The summed E-state index contributed by atoms with van der Waals surface area (Å²) in [5, 5.41) is 0. The van der Waals surface area contributed by atoms with Crippen molar-refractivity contribution < 1.29 is 14.3 Å². The van der Waals surface area contributed by atoms with E-state index in [0.29, 0.717) is 19.5 Å². The van der Waals surface area contributed by atoms with Crippen LogP contribution in [0.15, 0.2) is 30.3 Å². The van der Waals surface area contributed by atoms with E-state index in [-0.39, 0.29) is 23.7 Å². The number of benzene rings is 1. The minimum atomic E-state index is -0.306. The van der Waals surface area contributed by atoms with Gasteiger partial charge in [-0.1, -0.05) is 30.3 Å².